The number of fused-ring (bicyclic) bond motifs is 1. The largest absolute Gasteiger partial charge is 0.467 e. The molecule has 0 bridgehead atoms. The third-order valence-electron chi connectivity index (χ3n) is 5.06. The van der Waals surface area contributed by atoms with Crippen LogP contribution in [0.5, 0.6) is 0 Å². The number of rotatable bonds is 4. The van der Waals surface area contributed by atoms with Gasteiger partial charge in [0.1, 0.15) is 6.10 Å². The van der Waals surface area contributed by atoms with E-state index in [1.807, 2.05) is 0 Å². The van der Waals surface area contributed by atoms with Gasteiger partial charge in [-0.05, 0) is 12.1 Å². The monoisotopic (exact) mass is 391 g/mol. The Balaban J connectivity index is 1.83. The lowest BCUT2D eigenvalue weighted by molar-refractivity contribution is -0.309. The lowest BCUT2D eigenvalue weighted by atomic mass is 9.84. The van der Waals surface area contributed by atoms with Crippen molar-refractivity contribution in [1.29, 1.82) is 0 Å². The minimum absolute atomic E-state index is 0.228. The summed E-state index contributed by atoms with van der Waals surface area (Å²) in [5, 5.41) is 0.638. The van der Waals surface area contributed by atoms with Crippen molar-refractivity contribution in [2.45, 2.75) is 39.3 Å². The maximum atomic E-state index is 12.5. The maximum Gasteiger partial charge on any atom is 0.339 e. The molecular weight excluding hydrogens is 370 g/mol. The summed E-state index contributed by atoms with van der Waals surface area (Å²) >= 11 is 0. The molecule has 9 heteroatoms. The van der Waals surface area contributed by atoms with Gasteiger partial charge in [-0.3, -0.25) is 14.4 Å². The molecule has 0 aromatic heterocycles. The first-order chi connectivity index (χ1) is 13.3. The molecule has 2 aliphatic rings. The topological polar surface area (TPSA) is 108 Å². The van der Waals surface area contributed by atoms with E-state index in [1.54, 1.807) is 26.0 Å². The molecule has 5 atom stereocenters. The van der Waals surface area contributed by atoms with Crippen molar-refractivity contribution in [2.24, 2.45) is 11.8 Å². The summed E-state index contributed by atoms with van der Waals surface area (Å²) in [5.74, 6) is -3.32. The van der Waals surface area contributed by atoms with E-state index < -0.39 is 48.2 Å². The molecule has 2 aliphatic heterocycles. The number of hydrogen-bond acceptors (Lipinski definition) is 8. The molecular formula is C19H21NO8. The second-order valence-corrected chi connectivity index (χ2v) is 6.80. The number of imide groups is 1. The maximum absolute atomic E-state index is 12.5. The van der Waals surface area contributed by atoms with Crippen molar-refractivity contribution in [1.82, 2.24) is 5.06 Å². The summed E-state index contributed by atoms with van der Waals surface area (Å²) in [5.41, 5.74) is 0.456. The molecule has 9 nitrogen and oxygen atoms in total. The molecule has 0 spiro atoms. The molecule has 150 valence electrons. The Morgan fingerprint density at radius 3 is 2.11 bits per heavy atom. The van der Waals surface area contributed by atoms with Gasteiger partial charge in [-0.2, -0.15) is 0 Å². The lowest BCUT2D eigenvalue weighted by Gasteiger charge is -2.42. The number of benzene rings is 1. The molecule has 1 fully saturated rings. The Hall–Kier alpha value is -2.78. The van der Waals surface area contributed by atoms with Crippen LogP contribution in [-0.2, 0) is 28.6 Å². The van der Waals surface area contributed by atoms with E-state index in [-0.39, 0.29) is 17.0 Å². The summed E-state index contributed by atoms with van der Waals surface area (Å²) in [7, 11) is 1.18. The van der Waals surface area contributed by atoms with E-state index >= 15 is 0 Å². The number of ether oxygens (including phenoxy) is 3. The molecule has 0 radical (unpaired) electrons. The van der Waals surface area contributed by atoms with Crippen molar-refractivity contribution < 1.29 is 38.2 Å². The lowest BCUT2D eigenvalue weighted by Crippen LogP contribution is -2.56. The van der Waals surface area contributed by atoms with Crippen LogP contribution < -0.4 is 0 Å². The van der Waals surface area contributed by atoms with Crippen LogP contribution in [0, 0.1) is 11.8 Å². The number of hydroxylamine groups is 2. The van der Waals surface area contributed by atoms with E-state index in [1.165, 1.54) is 26.2 Å². The summed E-state index contributed by atoms with van der Waals surface area (Å²) in [6.45, 7) is 4.74. The highest BCUT2D eigenvalue weighted by atomic mass is 16.8. The van der Waals surface area contributed by atoms with Crippen LogP contribution in [0.3, 0.4) is 0 Å². The Kier molecular flexibility index (Phi) is 5.48. The van der Waals surface area contributed by atoms with Crippen LogP contribution >= 0.6 is 0 Å². The van der Waals surface area contributed by atoms with Gasteiger partial charge in [0, 0.05) is 18.8 Å². The summed E-state index contributed by atoms with van der Waals surface area (Å²) in [6.07, 6.45) is -3.24. The summed E-state index contributed by atoms with van der Waals surface area (Å²) in [6, 6.07) is 6.35. The Labute approximate surface area is 161 Å². The Morgan fingerprint density at radius 1 is 1.04 bits per heavy atom. The van der Waals surface area contributed by atoms with Gasteiger partial charge in [0.15, 0.2) is 12.4 Å². The average Bonchev–Trinajstić information content (AvgIpc) is 2.91. The van der Waals surface area contributed by atoms with Gasteiger partial charge in [-0.25, -0.2) is 9.63 Å². The zero-order valence-electron chi connectivity index (χ0n) is 15.9. The predicted molar refractivity (Wildman–Crippen MR) is 92.6 cm³/mol. The summed E-state index contributed by atoms with van der Waals surface area (Å²) < 4.78 is 15.7. The zero-order chi connectivity index (χ0) is 20.6. The van der Waals surface area contributed by atoms with Gasteiger partial charge in [-0.1, -0.05) is 26.0 Å². The molecule has 2 heterocycles. The highest BCUT2D eigenvalue weighted by molar-refractivity contribution is 6.20. The van der Waals surface area contributed by atoms with Crippen molar-refractivity contribution >= 4 is 23.8 Å². The standard InChI is InChI=1S/C19H21NO8/c1-9-10(2)19(27-15(18(24)25-4)14(9)26-11(3)21)28-20-16(22)12-7-5-6-8-13(12)17(20)23/h5-10,14-15,19H,1-4H3/t9-,10-,14+,15+,19+/m1/s1. The van der Waals surface area contributed by atoms with Gasteiger partial charge < -0.3 is 14.2 Å². The molecule has 28 heavy (non-hydrogen) atoms. The Bertz CT molecular complexity index is 787. The first-order valence-corrected chi connectivity index (χ1v) is 8.81. The first kappa shape index (κ1) is 20.0. The quantitative estimate of drug-likeness (QED) is 0.558. The van der Waals surface area contributed by atoms with Crippen LogP contribution in [-0.4, -0.2) is 54.4 Å². The highest BCUT2D eigenvalue weighted by Gasteiger charge is 2.50. The first-order valence-electron chi connectivity index (χ1n) is 8.81. The number of amides is 2. The van der Waals surface area contributed by atoms with E-state index in [2.05, 4.69) is 0 Å². The third kappa shape index (κ3) is 3.38. The molecule has 0 saturated carbocycles. The van der Waals surface area contributed by atoms with Gasteiger partial charge in [0.2, 0.25) is 0 Å². The minimum atomic E-state index is -1.25. The molecule has 1 saturated heterocycles. The van der Waals surface area contributed by atoms with E-state index in [9.17, 15) is 19.2 Å². The van der Waals surface area contributed by atoms with Crippen LogP contribution in [0.2, 0.25) is 0 Å². The fourth-order valence-corrected chi connectivity index (χ4v) is 3.32. The number of hydrogen-bond donors (Lipinski definition) is 0. The smallest absolute Gasteiger partial charge is 0.339 e. The predicted octanol–water partition coefficient (Wildman–Crippen LogP) is 1.32. The normalized spacial score (nSPS) is 29.4. The molecule has 1 aromatic carbocycles. The average molecular weight is 391 g/mol. The number of esters is 2. The van der Waals surface area contributed by atoms with Crippen LogP contribution in [0.1, 0.15) is 41.5 Å². The SMILES string of the molecule is COC(=O)[C@H]1O[C@@H](ON2C(=O)c3ccccc3C2=O)[C@H](C)[C@@H](C)[C@@H]1OC(C)=O. The second-order valence-electron chi connectivity index (χ2n) is 6.80. The molecule has 0 aliphatic carbocycles. The van der Waals surface area contributed by atoms with E-state index in [4.69, 9.17) is 19.0 Å². The minimum Gasteiger partial charge on any atom is -0.467 e. The number of nitrogens with zero attached hydrogens (tertiary/aromatic N) is 1. The van der Waals surface area contributed by atoms with Gasteiger partial charge in [0.25, 0.3) is 11.8 Å². The Morgan fingerprint density at radius 2 is 1.61 bits per heavy atom. The summed E-state index contributed by atoms with van der Waals surface area (Å²) in [4.78, 5) is 54.2. The van der Waals surface area contributed by atoms with Crippen LogP contribution in [0.25, 0.3) is 0 Å². The van der Waals surface area contributed by atoms with Crippen molar-refractivity contribution in [3.63, 3.8) is 0 Å². The van der Waals surface area contributed by atoms with Crippen LogP contribution in [0.15, 0.2) is 24.3 Å². The fourth-order valence-electron chi connectivity index (χ4n) is 3.32. The van der Waals surface area contributed by atoms with Crippen molar-refractivity contribution in [2.75, 3.05) is 7.11 Å². The zero-order valence-corrected chi connectivity index (χ0v) is 15.9. The van der Waals surface area contributed by atoms with Crippen molar-refractivity contribution in [3.8, 4) is 0 Å². The third-order valence-corrected chi connectivity index (χ3v) is 5.06. The van der Waals surface area contributed by atoms with E-state index in [0.29, 0.717) is 5.06 Å². The second kappa shape index (κ2) is 7.69. The number of carbonyl (C=O) groups is 4. The fraction of sp³-hybridized carbons (Fsp3) is 0.474. The number of methoxy groups -OCH3 is 1. The number of carbonyl (C=O) groups excluding carboxylic acids is 4. The van der Waals surface area contributed by atoms with Crippen LogP contribution in [0.4, 0.5) is 0 Å². The molecule has 3 rings (SSSR count). The highest BCUT2D eigenvalue weighted by Crippen LogP contribution is 2.35. The van der Waals surface area contributed by atoms with Gasteiger partial charge in [-0.15, -0.1) is 5.06 Å². The molecule has 2 amide bonds. The molecule has 0 unspecified atom stereocenters. The van der Waals surface area contributed by atoms with Crippen molar-refractivity contribution in [3.05, 3.63) is 35.4 Å². The molecule has 1 aromatic rings. The van der Waals surface area contributed by atoms with Gasteiger partial charge in [0.05, 0.1) is 18.2 Å². The van der Waals surface area contributed by atoms with E-state index in [0.717, 1.165) is 0 Å². The molecule has 0 N–H and O–H groups in total. The van der Waals surface area contributed by atoms with Gasteiger partial charge >= 0.3 is 11.9 Å².